The topological polar surface area (TPSA) is 98.5 Å². The molecule has 0 unspecified atom stereocenters. The molecule has 7 heteroatoms. The highest BCUT2D eigenvalue weighted by Crippen LogP contribution is 2.28. The lowest BCUT2D eigenvalue weighted by molar-refractivity contribution is -0.386. The molecule has 1 amide bonds. The van der Waals surface area contributed by atoms with Crippen molar-refractivity contribution in [3.8, 4) is 5.75 Å². The van der Waals surface area contributed by atoms with E-state index in [4.69, 9.17) is 4.74 Å². The number of aryl methyl sites for hydroxylation is 2. The molecular weight excluding hydrogens is 324 g/mol. The van der Waals surface area contributed by atoms with Crippen LogP contribution in [0.4, 0.5) is 11.4 Å². The minimum Gasteiger partial charge on any atom is -0.474 e. The molecule has 2 rings (SSSR count). The standard InChI is InChI=1S/C18H18N2O5/c1-11-4-6-15(12(2)8-11)19-18(22)13(3)25-17-7-5-14(10-21)9-16(17)20(23)24/h4-10,13H,1-3H3,(H,19,22)/t13-/m1/s1. The average molecular weight is 342 g/mol. The highest BCUT2D eigenvalue weighted by molar-refractivity contribution is 5.94. The maximum absolute atomic E-state index is 12.3. The number of amides is 1. The zero-order valence-electron chi connectivity index (χ0n) is 14.1. The molecule has 0 fully saturated rings. The van der Waals surface area contributed by atoms with Gasteiger partial charge in [0.05, 0.1) is 4.92 Å². The quantitative estimate of drug-likeness (QED) is 0.492. The number of anilines is 1. The lowest BCUT2D eigenvalue weighted by atomic mass is 10.1. The van der Waals surface area contributed by atoms with Crippen LogP contribution in [0.3, 0.4) is 0 Å². The first-order chi connectivity index (χ1) is 11.8. The van der Waals surface area contributed by atoms with Crippen molar-refractivity contribution in [1.29, 1.82) is 0 Å². The predicted molar refractivity (Wildman–Crippen MR) is 93.1 cm³/mol. The number of aldehydes is 1. The average Bonchev–Trinajstić information content (AvgIpc) is 2.57. The van der Waals surface area contributed by atoms with Crippen molar-refractivity contribution in [2.24, 2.45) is 0 Å². The molecule has 0 saturated carbocycles. The Morgan fingerprint density at radius 3 is 2.56 bits per heavy atom. The highest BCUT2D eigenvalue weighted by atomic mass is 16.6. The minimum atomic E-state index is -0.957. The molecule has 0 spiro atoms. The number of nitro benzene ring substituents is 1. The molecule has 130 valence electrons. The van der Waals surface area contributed by atoms with Gasteiger partial charge in [0.15, 0.2) is 11.9 Å². The van der Waals surface area contributed by atoms with E-state index in [1.54, 1.807) is 6.07 Å². The Hall–Kier alpha value is -3.22. The number of nitrogens with one attached hydrogen (secondary N) is 1. The van der Waals surface area contributed by atoms with Crippen LogP contribution in [0.2, 0.25) is 0 Å². The number of carbonyl (C=O) groups excluding carboxylic acids is 2. The summed E-state index contributed by atoms with van der Waals surface area (Å²) in [7, 11) is 0. The molecule has 1 N–H and O–H groups in total. The smallest absolute Gasteiger partial charge is 0.311 e. The van der Waals surface area contributed by atoms with Gasteiger partial charge in [0.1, 0.15) is 6.29 Å². The summed E-state index contributed by atoms with van der Waals surface area (Å²) in [5, 5.41) is 13.9. The fourth-order valence-electron chi connectivity index (χ4n) is 2.28. The van der Waals surface area contributed by atoms with Crippen LogP contribution in [0.25, 0.3) is 0 Å². The van der Waals surface area contributed by atoms with Gasteiger partial charge in [-0.25, -0.2) is 0 Å². The van der Waals surface area contributed by atoms with Crippen molar-refractivity contribution in [3.63, 3.8) is 0 Å². The van der Waals surface area contributed by atoms with Crippen LogP contribution in [0.15, 0.2) is 36.4 Å². The first kappa shape index (κ1) is 18.1. The van der Waals surface area contributed by atoms with Crippen molar-refractivity contribution in [2.75, 3.05) is 5.32 Å². The van der Waals surface area contributed by atoms with E-state index < -0.39 is 16.9 Å². The number of carbonyl (C=O) groups is 2. The van der Waals surface area contributed by atoms with E-state index in [9.17, 15) is 19.7 Å². The fourth-order valence-corrected chi connectivity index (χ4v) is 2.28. The van der Waals surface area contributed by atoms with Gasteiger partial charge in [-0.1, -0.05) is 17.7 Å². The highest BCUT2D eigenvalue weighted by Gasteiger charge is 2.22. The molecule has 2 aromatic carbocycles. The Morgan fingerprint density at radius 2 is 1.96 bits per heavy atom. The monoisotopic (exact) mass is 342 g/mol. The molecule has 0 aromatic heterocycles. The van der Waals surface area contributed by atoms with Gasteiger partial charge in [0.25, 0.3) is 5.91 Å². The number of hydrogen-bond donors (Lipinski definition) is 1. The lowest BCUT2D eigenvalue weighted by Crippen LogP contribution is -2.30. The largest absolute Gasteiger partial charge is 0.474 e. The van der Waals surface area contributed by atoms with Gasteiger partial charge in [-0.05, 0) is 44.5 Å². The molecule has 0 aliphatic heterocycles. The number of benzene rings is 2. The number of hydrogen-bond acceptors (Lipinski definition) is 5. The van der Waals surface area contributed by atoms with Crippen LogP contribution in [-0.2, 0) is 4.79 Å². The van der Waals surface area contributed by atoms with Crippen LogP contribution in [0.5, 0.6) is 5.75 Å². The Labute approximate surface area is 144 Å². The van der Waals surface area contributed by atoms with Gasteiger partial charge < -0.3 is 10.1 Å². The summed E-state index contributed by atoms with van der Waals surface area (Å²) >= 11 is 0. The zero-order valence-corrected chi connectivity index (χ0v) is 14.1. The summed E-state index contributed by atoms with van der Waals surface area (Å²) in [5.74, 6) is -0.500. The Morgan fingerprint density at radius 1 is 1.24 bits per heavy atom. The first-order valence-corrected chi connectivity index (χ1v) is 7.60. The van der Waals surface area contributed by atoms with Gasteiger partial charge in [0, 0.05) is 17.3 Å². The van der Waals surface area contributed by atoms with Crippen LogP contribution in [0.1, 0.15) is 28.4 Å². The van der Waals surface area contributed by atoms with Crippen molar-refractivity contribution in [2.45, 2.75) is 26.9 Å². The third-order valence-corrected chi connectivity index (χ3v) is 3.63. The van der Waals surface area contributed by atoms with Gasteiger partial charge in [-0.15, -0.1) is 0 Å². The normalized spacial score (nSPS) is 11.5. The second-order valence-corrected chi connectivity index (χ2v) is 5.67. The number of ether oxygens (including phenoxy) is 1. The number of nitro groups is 1. The van der Waals surface area contributed by atoms with E-state index in [-0.39, 0.29) is 17.0 Å². The molecule has 1 atom stereocenters. The van der Waals surface area contributed by atoms with Crippen molar-refractivity contribution >= 4 is 23.6 Å². The lowest BCUT2D eigenvalue weighted by Gasteiger charge is -2.16. The van der Waals surface area contributed by atoms with Crippen molar-refractivity contribution < 1.29 is 19.2 Å². The van der Waals surface area contributed by atoms with Gasteiger partial charge in [-0.3, -0.25) is 19.7 Å². The van der Waals surface area contributed by atoms with E-state index in [2.05, 4.69) is 5.32 Å². The van der Waals surface area contributed by atoms with Crippen LogP contribution < -0.4 is 10.1 Å². The molecule has 0 bridgehead atoms. The molecule has 0 radical (unpaired) electrons. The summed E-state index contributed by atoms with van der Waals surface area (Å²) < 4.78 is 5.43. The molecule has 0 aliphatic rings. The van der Waals surface area contributed by atoms with Gasteiger partial charge >= 0.3 is 5.69 Å². The SMILES string of the molecule is Cc1ccc(NC(=O)[C@@H](C)Oc2ccc(C=O)cc2[N+](=O)[O-])c(C)c1. The minimum absolute atomic E-state index is 0.0705. The van der Waals surface area contributed by atoms with Crippen LogP contribution in [0, 0.1) is 24.0 Å². The zero-order chi connectivity index (χ0) is 18.6. The maximum Gasteiger partial charge on any atom is 0.311 e. The molecular formula is C18H18N2O5. The molecule has 25 heavy (non-hydrogen) atoms. The van der Waals surface area contributed by atoms with E-state index in [0.717, 1.165) is 17.2 Å². The second-order valence-electron chi connectivity index (χ2n) is 5.67. The molecule has 7 nitrogen and oxygen atoms in total. The summed E-state index contributed by atoms with van der Waals surface area (Å²) in [6, 6.07) is 9.40. The number of rotatable bonds is 6. The van der Waals surface area contributed by atoms with E-state index in [1.165, 1.54) is 19.1 Å². The van der Waals surface area contributed by atoms with Crippen molar-refractivity contribution in [1.82, 2.24) is 0 Å². The molecule has 2 aromatic rings. The molecule has 0 heterocycles. The second kappa shape index (κ2) is 7.57. The van der Waals surface area contributed by atoms with E-state index >= 15 is 0 Å². The summed E-state index contributed by atoms with van der Waals surface area (Å²) in [6.45, 7) is 5.32. The number of nitrogens with zero attached hydrogens (tertiary/aromatic N) is 1. The Balaban J connectivity index is 2.16. The third kappa shape index (κ3) is 4.41. The van der Waals surface area contributed by atoms with E-state index in [1.807, 2.05) is 26.0 Å². The summed E-state index contributed by atoms with van der Waals surface area (Å²) in [6.07, 6.45) is -0.450. The molecule has 0 saturated heterocycles. The first-order valence-electron chi connectivity index (χ1n) is 7.60. The summed E-state index contributed by atoms with van der Waals surface area (Å²) in [5.41, 5.74) is 2.42. The summed E-state index contributed by atoms with van der Waals surface area (Å²) in [4.78, 5) is 33.5. The Bertz CT molecular complexity index is 832. The maximum atomic E-state index is 12.3. The van der Waals surface area contributed by atoms with Crippen LogP contribution >= 0.6 is 0 Å². The van der Waals surface area contributed by atoms with E-state index in [0.29, 0.717) is 12.0 Å². The third-order valence-electron chi connectivity index (χ3n) is 3.63. The van der Waals surface area contributed by atoms with Crippen molar-refractivity contribution in [3.05, 3.63) is 63.2 Å². The van der Waals surface area contributed by atoms with Gasteiger partial charge in [-0.2, -0.15) is 0 Å². The molecule has 0 aliphatic carbocycles. The fraction of sp³-hybridized carbons (Fsp3) is 0.222. The Kier molecular flexibility index (Phi) is 5.49. The predicted octanol–water partition coefficient (Wildman–Crippen LogP) is 3.43. The van der Waals surface area contributed by atoms with Crippen LogP contribution in [-0.4, -0.2) is 23.2 Å². The van der Waals surface area contributed by atoms with Gasteiger partial charge in [0.2, 0.25) is 0 Å².